The van der Waals surface area contributed by atoms with Gasteiger partial charge >= 0.3 is 11.9 Å². The van der Waals surface area contributed by atoms with Gasteiger partial charge in [0.15, 0.2) is 5.78 Å². The third-order valence-electron chi connectivity index (χ3n) is 6.41. The van der Waals surface area contributed by atoms with Gasteiger partial charge in [-0.05, 0) is 64.5 Å². The lowest BCUT2D eigenvalue weighted by molar-refractivity contribution is -0.170. The fourth-order valence-electron chi connectivity index (χ4n) is 4.46. The van der Waals surface area contributed by atoms with E-state index in [-0.39, 0.29) is 18.1 Å². The van der Waals surface area contributed by atoms with Crippen LogP contribution in [0, 0.1) is 11.8 Å². The molecule has 0 spiro atoms. The third kappa shape index (κ3) is 4.07. The molecular formula is C22H32O6. The molecule has 28 heavy (non-hydrogen) atoms. The highest BCUT2D eigenvalue weighted by Crippen LogP contribution is 2.50. The molecule has 4 atom stereocenters. The van der Waals surface area contributed by atoms with Crippen molar-refractivity contribution in [3.8, 4) is 0 Å². The van der Waals surface area contributed by atoms with Crippen LogP contribution in [0.5, 0.6) is 0 Å². The van der Waals surface area contributed by atoms with Gasteiger partial charge in [0.2, 0.25) is 0 Å². The smallest absolute Gasteiger partial charge is 0.333 e. The molecule has 0 radical (unpaired) electrons. The summed E-state index contributed by atoms with van der Waals surface area (Å²) in [6.07, 6.45) is 1.87. The Balaban J connectivity index is 2.51. The van der Waals surface area contributed by atoms with Crippen molar-refractivity contribution in [2.45, 2.75) is 85.0 Å². The number of rotatable bonds is 4. The van der Waals surface area contributed by atoms with Gasteiger partial charge < -0.3 is 14.6 Å². The van der Waals surface area contributed by atoms with Gasteiger partial charge in [0.1, 0.15) is 11.7 Å². The van der Waals surface area contributed by atoms with E-state index in [1.165, 1.54) is 6.92 Å². The van der Waals surface area contributed by atoms with Gasteiger partial charge in [0.05, 0.1) is 5.60 Å². The number of esters is 2. The van der Waals surface area contributed by atoms with Crippen LogP contribution in [0.25, 0.3) is 0 Å². The van der Waals surface area contributed by atoms with Crippen LogP contribution in [0.4, 0.5) is 0 Å². The molecule has 156 valence electrons. The number of fused-ring (bicyclic) bond motifs is 1. The van der Waals surface area contributed by atoms with Crippen LogP contribution in [0.15, 0.2) is 22.8 Å². The minimum absolute atomic E-state index is 0.0462. The Bertz CT molecular complexity index is 744. The van der Waals surface area contributed by atoms with E-state index in [9.17, 15) is 19.5 Å². The Morgan fingerprint density at radius 1 is 1.29 bits per heavy atom. The van der Waals surface area contributed by atoms with Crippen molar-refractivity contribution < 1.29 is 29.0 Å². The number of allylic oxidation sites excluding steroid dienone is 2. The Kier molecular flexibility index (Phi) is 6.24. The molecule has 0 saturated heterocycles. The number of hydrogen-bond donors (Lipinski definition) is 1. The molecular weight excluding hydrogens is 360 g/mol. The maximum atomic E-state index is 12.5. The largest absolute Gasteiger partial charge is 0.459 e. The van der Waals surface area contributed by atoms with Gasteiger partial charge in [-0.1, -0.05) is 13.0 Å². The molecule has 2 aliphatic rings. The number of hydrogen-bond acceptors (Lipinski definition) is 6. The van der Waals surface area contributed by atoms with Crippen molar-refractivity contribution in [1.29, 1.82) is 0 Å². The molecule has 0 aromatic carbocycles. The maximum absolute atomic E-state index is 12.5. The van der Waals surface area contributed by atoms with Gasteiger partial charge in [-0.3, -0.25) is 9.59 Å². The zero-order valence-corrected chi connectivity index (χ0v) is 17.9. The topological polar surface area (TPSA) is 89.9 Å². The molecule has 0 aromatic heterocycles. The molecule has 6 heteroatoms. The summed E-state index contributed by atoms with van der Waals surface area (Å²) in [4.78, 5) is 36.5. The Morgan fingerprint density at radius 2 is 1.89 bits per heavy atom. The van der Waals surface area contributed by atoms with E-state index in [4.69, 9.17) is 9.47 Å². The minimum Gasteiger partial charge on any atom is -0.459 e. The van der Waals surface area contributed by atoms with Crippen molar-refractivity contribution in [3.63, 3.8) is 0 Å². The quantitative estimate of drug-likeness (QED) is 0.583. The van der Waals surface area contributed by atoms with E-state index in [1.807, 2.05) is 6.92 Å². The minimum atomic E-state index is -1.25. The van der Waals surface area contributed by atoms with Crippen LogP contribution in [-0.2, 0) is 23.9 Å². The second-order valence-corrected chi connectivity index (χ2v) is 8.69. The Labute approximate surface area is 167 Å². The fourth-order valence-corrected chi connectivity index (χ4v) is 4.46. The van der Waals surface area contributed by atoms with E-state index in [0.29, 0.717) is 29.6 Å². The van der Waals surface area contributed by atoms with Gasteiger partial charge in [0.25, 0.3) is 0 Å². The fraction of sp³-hybridized carbons (Fsp3) is 0.682. The molecule has 0 unspecified atom stereocenters. The first kappa shape index (κ1) is 22.3. The molecule has 2 aliphatic carbocycles. The number of carbonyl (C=O) groups is 3. The second kappa shape index (κ2) is 7.82. The number of Topliss-reactive ketones (excluding diaryl/α,β-unsaturated/α-hetero) is 1. The zero-order valence-electron chi connectivity index (χ0n) is 17.9. The molecule has 0 aromatic rings. The first-order chi connectivity index (χ1) is 12.8. The first-order valence-corrected chi connectivity index (χ1v) is 9.82. The summed E-state index contributed by atoms with van der Waals surface area (Å²) in [5.74, 6) is -1.60. The third-order valence-corrected chi connectivity index (χ3v) is 6.41. The summed E-state index contributed by atoms with van der Waals surface area (Å²) >= 11 is 0. The summed E-state index contributed by atoms with van der Waals surface area (Å²) in [5.41, 5.74) is -0.455. The zero-order chi connectivity index (χ0) is 21.4. The van der Waals surface area contributed by atoms with Gasteiger partial charge in [-0.25, -0.2) is 4.79 Å². The Hall–Kier alpha value is -1.95. The summed E-state index contributed by atoms with van der Waals surface area (Å²) in [6.45, 7) is 12.0. The van der Waals surface area contributed by atoms with Crippen LogP contribution in [-0.4, -0.2) is 40.1 Å². The predicted octanol–water partition coefficient (Wildman–Crippen LogP) is 3.27. The van der Waals surface area contributed by atoms with Gasteiger partial charge in [0, 0.05) is 24.8 Å². The van der Waals surface area contributed by atoms with Crippen molar-refractivity contribution in [3.05, 3.63) is 22.8 Å². The summed E-state index contributed by atoms with van der Waals surface area (Å²) in [7, 11) is 0. The van der Waals surface area contributed by atoms with Crippen LogP contribution >= 0.6 is 0 Å². The van der Waals surface area contributed by atoms with E-state index in [1.54, 1.807) is 40.7 Å². The molecule has 0 bridgehead atoms. The highest BCUT2D eigenvalue weighted by molar-refractivity contribution is 6.00. The van der Waals surface area contributed by atoms with E-state index < -0.39 is 35.2 Å². The van der Waals surface area contributed by atoms with E-state index in [0.717, 1.165) is 0 Å². The monoisotopic (exact) mass is 392 g/mol. The van der Waals surface area contributed by atoms with Crippen LogP contribution in [0.2, 0.25) is 0 Å². The second-order valence-electron chi connectivity index (χ2n) is 8.69. The summed E-state index contributed by atoms with van der Waals surface area (Å²) in [6, 6.07) is 0. The van der Waals surface area contributed by atoms with Crippen molar-refractivity contribution in [2.75, 3.05) is 0 Å². The lowest BCUT2D eigenvalue weighted by atomic mass is 9.80. The number of aliphatic hydroxyl groups is 1. The molecule has 0 heterocycles. The van der Waals surface area contributed by atoms with E-state index >= 15 is 0 Å². The highest BCUT2D eigenvalue weighted by Gasteiger charge is 2.54. The maximum Gasteiger partial charge on any atom is 0.333 e. The molecule has 1 fully saturated rings. The summed E-state index contributed by atoms with van der Waals surface area (Å²) in [5, 5.41) is 11.3. The van der Waals surface area contributed by atoms with Crippen LogP contribution in [0.3, 0.4) is 0 Å². The SMILES string of the molecule is C/C=C(/C)C(=O)O[C@H]1C[C@@H](C)[C@@]2(O)CC(=O)C(C)=C2C[C@H]1C(C)(C)OC(C)=O. The van der Waals surface area contributed by atoms with Crippen LogP contribution in [0.1, 0.15) is 67.7 Å². The molecule has 1 saturated carbocycles. The molecule has 2 rings (SSSR count). The highest BCUT2D eigenvalue weighted by atomic mass is 16.6. The first-order valence-electron chi connectivity index (χ1n) is 9.82. The normalized spacial score (nSPS) is 31.4. The summed E-state index contributed by atoms with van der Waals surface area (Å²) < 4.78 is 11.4. The van der Waals surface area contributed by atoms with E-state index in [2.05, 4.69) is 0 Å². The Morgan fingerprint density at radius 3 is 2.43 bits per heavy atom. The molecule has 0 amide bonds. The van der Waals surface area contributed by atoms with Crippen molar-refractivity contribution in [2.24, 2.45) is 11.8 Å². The van der Waals surface area contributed by atoms with Crippen molar-refractivity contribution in [1.82, 2.24) is 0 Å². The number of ether oxygens (including phenoxy) is 2. The average molecular weight is 392 g/mol. The standard InChI is InChI=1S/C22H32O6/c1-8-12(2)20(25)27-19-9-13(3)22(26)11-18(24)14(4)16(22)10-17(19)21(6,7)28-15(5)23/h8,13,17,19,26H,9-11H2,1-7H3/b12-8-/t13-,17-,19+,22+/m1/s1. The van der Waals surface area contributed by atoms with Gasteiger partial charge in [-0.15, -0.1) is 0 Å². The number of carbonyl (C=O) groups excluding carboxylic acids is 3. The molecule has 6 nitrogen and oxygen atoms in total. The van der Waals surface area contributed by atoms with Crippen LogP contribution < -0.4 is 0 Å². The number of ketones is 1. The molecule has 1 N–H and O–H groups in total. The molecule has 0 aliphatic heterocycles. The van der Waals surface area contributed by atoms with Gasteiger partial charge in [-0.2, -0.15) is 0 Å². The lowest BCUT2D eigenvalue weighted by Crippen LogP contribution is -2.44. The predicted molar refractivity (Wildman–Crippen MR) is 104 cm³/mol. The van der Waals surface area contributed by atoms with Crippen molar-refractivity contribution >= 4 is 17.7 Å². The average Bonchev–Trinajstić information content (AvgIpc) is 2.73. The lowest BCUT2D eigenvalue weighted by Gasteiger charge is -2.38.